The fraction of sp³-hybridized carbons (Fsp3) is 0.481. The van der Waals surface area contributed by atoms with Crippen molar-refractivity contribution in [1.82, 2.24) is 14.8 Å². The van der Waals surface area contributed by atoms with Gasteiger partial charge in [-0.25, -0.2) is 4.39 Å². The Hall–Kier alpha value is -2.16. The zero-order chi connectivity index (χ0) is 25.4. The molecule has 188 valence electrons. The third kappa shape index (κ3) is 5.49. The molecule has 35 heavy (non-hydrogen) atoms. The topological polar surface area (TPSA) is 49.2 Å². The lowest BCUT2D eigenvalue weighted by Gasteiger charge is -2.39. The van der Waals surface area contributed by atoms with Gasteiger partial charge in [-0.2, -0.15) is 11.8 Å². The molecular formula is C27H36FN3O2SSi. The SMILES string of the molecule is COc1cc(-c2ccc(F)cc2)ccc1-c1nnc2n1CCSC(C)(CO[Si](C)(C)C(C)(C)C)C2. The van der Waals surface area contributed by atoms with Gasteiger partial charge in [0, 0.05) is 30.1 Å². The van der Waals surface area contributed by atoms with E-state index in [0.29, 0.717) is 6.61 Å². The van der Waals surface area contributed by atoms with Crippen LogP contribution in [0.3, 0.4) is 0 Å². The van der Waals surface area contributed by atoms with E-state index in [1.54, 1.807) is 19.2 Å². The zero-order valence-corrected chi connectivity index (χ0v) is 23.6. The largest absolute Gasteiger partial charge is 0.496 e. The molecule has 1 aliphatic heterocycles. The maximum atomic E-state index is 13.4. The number of rotatable bonds is 6. The van der Waals surface area contributed by atoms with Crippen molar-refractivity contribution in [2.24, 2.45) is 0 Å². The molecule has 8 heteroatoms. The highest BCUT2D eigenvalue weighted by Crippen LogP contribution is 2.41. The quantitative estimate of drug-likeness (QED) is 0.338. The highest BCUT2D eigenvalue weighted by Gasteiger charge is 2.40. The third-order valence-corrected chi connectivity index (χ3v) is 13.1. The summed E-state index contributed by atoms with van der Waals surface area (Å²) in [6, 6.07) is 12.5. The number of aromatic nitrogens is 3. The van der Waals surface area contributed by atoms with E-state index in [0.717, 1.165) is 52.8 Å². The smallest absolute Gasteiger partial charge is 0.192 e. The summed E-state index contributed by atoms with van der Waals surface area (Å²) in [7, 11) is -0.169. The van der Waals surface area contributed by atoms with Crippen LogP contribution in [0.25, 0.3) is 22.5 Å². The second-order valence-electron chi connectivity index (χ2n) is 11.0. The van der Waals surface area contributed by atoms with E-state index in [2.05, 4.69) is 55.6 Å². The molecule has 0 spiro atoms. The average molecular weight is 514 g/mol. The Morgan fingerprint density at radius 3 is 2.43 bits per heavy atom. The van der Waals surface area contributed by atoms with Crippen LogP contribution in [0, 0.1) is 5.82 Å². The number of ether oxygens (including phenoxy) is 1. The molecule has 0 radical (unpaired) electrons. The van der Waals surface area contributed by atoms with Crippen molar-refractivity contribution in [3.05, 3.63) is 54.1 Å². The molecule has 1 atom stereocenters. The minimum absolute atomic E-state index is 0.0510. The Morgan fingerprint density at radius 1 is 1.09 bits per heavy atom. The molecule has 0 fully saturated rings. The third-order valence-electron chi connectivity index (χ3n) is 7.29. The van der Waals surface area contributed by atoms with Crippen LogP contribution in [-0.4, -0.2) is 47.3 Å². The van der Waals surface area contributed by atoms with E-state index in [1.807, 2.05) is 30.0 Å². The molecule has 0 saturated carbocycles. The lowest BCUT2D eigenvalue weighted by atomic mass is 10.0. The minimum Gasteiger partial charge on any atom is -0.496 e. The normalized spacial score (nSPS) is 18.7. The van der Waals surface area contributed by atoms with Crippen LogP contribution in [0.4, 0.5) is 4.39 Å². The maximum Gasteiger partial charge on any atom is 0.192 e. The van der Waals surface area contributed by atoms with E-state index in [9.17, 15) is 4.39 Å². The van der Waals surface area contributed by atoms with E-state index in [1.165, 1.54) is 12.1 Å². The maximum absolute atomic E-state index is 13.4. The van der Waals surface area contributed by atoms with E-state index in [4.69, 9.17) is 9.16 Å². The lowest BCUT2D eigenvalue weighted by Crippen LogP contribution is -2.45. The first kappa shape index (κ1) is 25.9. The summed E-state index contributed by atoms with van der Waals surface area (Å²) in [5.41, 5.74) is 2.81. The number of methoxy groups -OCH3 is 1. The first-order chi connectivity index (χ1) is 16.4. The molecule has 1 unspecified atom stereocenters. The van der Waals surface area contributed by atoms with E-state index >= 15 is 0 Å². The fourth-order valence-corrected chi connectivity index (χ4v) is 6.37. The Bertz CT molecular complexity index is 1190. The molecule has 0 N–H and O–H groups in total. The van der Waals surface area contributed by atoms with Gasteiger partial charge in [0.05, 0.1) is 12.7 Å². The van der Waals surface area contributed by atoms with Crippen LogP contribution >= 0.6 is 11.8 Å². The van der Waals surface area contributed by atoms with Crippen molar-refractivity contribution in [1.29, 1.82) is 0 Å². The fourth-order valence-electron chi connectivity index (χ4n) is 4.01. The van der Waals surface area contributed by atoms with Crippen molar-refractivity contribution in [3.63, 3.8) is 0 Å². The Morgan fingerprint density at radius 2 is 1.77 bits per heavy atom. The monoisotopic (exact) mass is 513 g/mol. The number of benzene rings is 2. The molecule has 0 amide bonds. The summed E-state index contributed by atoms with van der Waals surface area (Å²) >= 11 is 1.96. The van der Waals surface area contributed by atoms with Crippen molar-refractivity contribution in [2.75, 3.05) is 19.5 Å². The van der Waals surface area contributed by atoms with Crippen molar-refractivity contribution < 1.29 is 13.6 Å². The minimum atomic E-state index is -1.83. The number of nitrogens with zero attached hydrogens (tertiary/aromatic N) is 3. The number of fused-ring (bicyclic) bond motifs is 1. The summed E-state index contributed by atoms with van der Waals surface area (Å²) in [6.45, 7) is 15.3. The highest BCUT2D eigenvalue weighted by molar-refractivity contribution is 8.00. The Labute approximate surface area is 213 Å². The summed E-state index contributed by atoms with van der Waals surface area (Å²) in [5, 5.41) is 9.38. The summed E-state index contributed by atoms with van der Waals surface area (Å²) < 4.78 is 27.9. The summed E-state index contributed by atoms with van der Waals surface area (Å²) in [6.07, 6.45) is 0.801. The molecule has 0 saturated heterocycles. The van der Waals surface area contributed by atoms with Gasteiger partial charge in [-0.3, -0.25) is 0 Å². The van der Waals surface area contributed by atoms with Crippen molar-refractivity contribution >= 4 is 20.1 Å². The van der Waals surface area contributed by atoms with Crippen LogP contribution in [0.2, 0.25) is 18.1 Å². The summed E-state index contributed by atoms with van der Waals surface area (Å²) in [5.74, 6) is 3.24. The van der Waals surface area contributed by atoms with E-state index < -0.39 is 8.32 Å². The number of halogens is 1. The van der Waals surface area contributed by atoms with Crippen LogP contribution in [0.1, 0.15) is 33.5 Å². The van der Waals surface area contributed by atoms with Gasteiger partial charge in [0.25, 0.3) is 0 Å². The molecule has 1 aliphatic rings. The van der Waals surface area contributed by atoms with Crippen LogP contribution < -0.4 is 4.74 Å². The first-order valence-corrected chi connectivity index (χ1v) is 16.0. The molecule has 2 aromatic carbocycles. The van der Waals surface area contributed by atoms with Gasteiger partial charge < -0.3 is 13.7 Å². The van der Waals surface area contributed by atoms with E-state index in [-0.39, 0.29) is 15.6 Å². The predicted octanol–water partition coefficient (Wildman–Crippen LogP) is 6.83. The molecule has 0 bridgehead atoms. The molecule has 5 nitrogen and oxygen atoms in total. The van der Waals surface area contributed by atoms with Gasteiger partial charge in [-0.05, 0) is 60.4 Å². The van der Waals surface area contributed by atoms with Gasteiger partial charge in [-0.15, -0.1) is 10.2 Å². The molecule has 1 aromatic heterocycles. The number of hydrogen-bond acceptors (Lipinski definition) is 5. The van der Waals surface area contributed by atoms with Crippen molar-refractivity contribution in [2.45, 2.75) is 63.5 Å². The van der Waals surface area contributed by atoms with Crippen LogP contribution in [-0.2, 0) is 17.4 Å². The van der Waals surface area contributed by atoms with Gasteiger partial charge in [-0.1, -0.05) is 39.0 Å². The molecular weight excluding hydrogens is 477 g/mol. The van der Waals surface area contributed by atoms with Gasteiger partial charge in [0.2, 0.25) is 0 Å². The second kappa shape index (κ2) is 9.71. The lowest BCUT2D eigenvalue weighted by molar-refractivity contribution is 0.252. The molecule has 2 heterocycles. The van der Waals surface area contributed by atoms with Gasteiger partial charge in [0.15, 0.2) is 14.1 Å². The second-order valence-corrected chi connectivity index (χ2v) is 17.5. The number of thioether (sulfide) groups is 1. The van der Waals surface area contributed by atoms with Crippen molar-refractivity contribution in [3.8, 4) is 28.3 Å². The van der Waals surface area contributed by atoms with Gasteiger partial charge >= 0.3 is 0 Å². The molecule has 0 aliphatic carbocycles. The Kier molecular flexibility index (Phi) is 7.19. The zero-order valence-electron chi connectivity index (χ0n) is 21.8. The van der Waals surface area contributed by atoms with Gasteiger partial charge in [0.1, 0.15) is 17.4 Å². The number of hydrogen-bond donors (Lipinski definition) is 0. The molecule has 4 rings (SSSR count). The summed E-state index contributed by atoms with van der Waals surface area (Å²) in [4.78, 5) is 0. The highest BCUT2D eigenvalue weighted by atomic mass is 32.2. The van der Waals surface area contributed by atoms with Crippen LogP contribution in [0.5, 0.6) is 5.75 Å². The van der Waals surface area contributed by atoms with Crippen LogP contribution in [0.15, 0.2) is 42.5 Å². The molecule has 3 aromatic rings. The first-order valence-electron chi connectivity index (χ1n) is 12.1. The standard InChI is InChI=1S/C27H36FN3O2SSi/c1-26(2,3)35(6,7)33-18-27(4)17-24-29-30-25(31(24)14-15-34-27)22-13-10-20(16-23(22)32-5)19-8-11-21(28)12-9-19/h8-13,16H,14-15,17-18H2,1-7H3. The average Bonchev–Trinajstić information content (AvgIpc) is 3.10. The Balaban J connectivity index is 1.60. The predicted molar refractivity (Wildman–Crippen MR) is 145 cm³/mol.